The molecule has 0 heterocycles. The maximum Gasteiger partial charge on any atom is 0.338 e. The first-order valence-corrected chi connectivity index (χ1v) is 8.95. The highest BCUT2D eigenvalue weighted by Crippen LogP contribution is 2.16. The van der Waals surface area contributed by atoms with Crippen LogP contribution < -0.4 is 4.72 Å². The highest BCUT2D eigenvalue weighted by molar-refractivity contribution is 7.91. The first-order chi connectivity index (χ1) is 10.9. The number of sulfonamides is 1. The Morgan fingerprint density at radius 3 is 2.26 bits per heavy atom. The van der Waals surface area contributed by atoms with E-state index in [0.717, 1.165) is 0 Å². The van der Waals surface area contributed by atoms with Gasteiger partial charge in [0, 0.05) is 10.7 Å². The molecule has 2 aromatic rings. The molecule has 0 amide bonds. The van der Waals surface area contributed by atoms with Crippen LogP contribution in [-0.4, -0.2) is 21.0 Å². The van der Waals surface area contributed by atoms with Gasteiger partial charge in [-0.2, -0.15) is 0 Å². The van der Waals surface area contributed by atoms with Crippen LogP contribution in [0.4, 0.5) is 5.69 Å². The Morgan fingerprint density at radius 1 is 1.09 bits per heavy atom. The monoisotopic (exact) mass is 353 g/mol. The molecule has 0 spiro atoms. The number of anilines is 1. The van der Waals surface area contributed by atoms with Crippen molar-refractivity contribution in [1.82, 2.24) is 0 Å². The summed E-state index contributed by atoms with van der Waals surface area (Å²) >= 11 is 5.77. The molecule has 0 aliphatic carbocycles. The number of rotatable bonds is 6. The van der Waals surface area contributed by atoms with E-state index in [2.05, 4.69) is 4.72 Å². The number of halogens is 1. The molecule has 0 aromatic heterocycles. The number of hydrogen-bond acceptors (Lipinski definition) is 4. The third-order valence-electron chi connectivity index (χ3n) is 2.94. The van der Waals surface area contributed by atoms with Crippen molar-refractivity contribution in [1.29, 1.82) is 0 Å². The highest BCUT2D eigenvalue weighted by Gasteiger charge is 2.13. The molecule has 5 nitrogen and oxygen atoms in total. The van der Waals surface area contributed by atoms with Crippen molar-refractivity contribution in [2.24, 2.45) is 0 Å². The summed E-state index contributed by atoms with van der Waals surface area (Å²) in [6, 6.07) is 12.7. The van der Waals surface area contributed by atoms with Crippen LogP contribution in [0.15, 0.2) is 48.5 Å². The molecular formula is C16H16ClNO4S. The van der Waals surface area contributed by atoms with Crippen molar-refractivity contribution in [2.75, 3.05) is 11.3 Å². The summed E-state index contributed by atoms with van der Waals surface area (Å²) in [4.78, 5) is 11.5. The lowest BCUT2D eigenvalue weighted by Crippen LogP contribution is -2.15. The predicted molar refractivity (Wildman–Crippen MR) is 90.1 cm³/mol. The van der Waals surface area contributed by atoms with Gasteiger partial charge in [-0.3, -0.25) is 4.72 Å². The van der Waals surface area contributed by atoms with E-state index in [1.54, 1.807) is 31.2 Å². The van der Waals surface area contributed by atoms with E-state index in [9.17, 15) is 13.2 Å². The molecule has 2 rings (SSSR count). The van der Waals surface area contributed by atoms with Crippen LogP contribution in [0, 0.1) is 0 Å². The lowest BCUT2D eigenvalue weighted by Gasteiger charge is -2.09. The van der Waals surface area contributed by atoms with Crippen LogP contribution >= 0.6 is 11.6 Å². The van der Waals surface area contributed by atoms with Gasteiger partial charge in [-0.15, -0.1) is 0 Å². The van der Waals surface area contributed by atoms with E-state index in [1.807, 2.05) is 0 Å². The van der Waals surface area contributed by atoms with E-state index in [-0.39, 0.29) is 12.4 Å². The zero-order chi connectivity index (χ0) is 16.9. The minimum absolute atomic E-state index is 0.163. The van der Waals surface area contributed by atoms with Gasteiger partial charge in [-0.1, -0.05) is 23.7 Å². The molecule has 0 saturated heterocycles. The molecular weight excluding hydrogens is 338 g/mol. The van der Waals surface area contributed by atoms with Crippen LogP contribution in [0.3, 0.4) is 0 Å². The molecule has 0 bridgehead atoms. The van der Waals surface area contributed by atoms with Gasteiger partial charge in [-0.25, -0.2) is 13.2 Å². The zero-order valence-electron chi connectivity index (χ0n) is 12.5. The number of ether oxygens (including phenoxy) is 1. The van der Waals surface area contributed by atoms with E-state index < -0.39 is 16.0 Å². The summed E-state index contributed by atoms with van der Waals surface area (Å²) in [5, 5.41) is 0.550. The number of benzene rings is 2. The summed E-state index contributed by atoms with van der Waals surface area (Å²) in [7, 11) is -3.55. The number of nitrogens with one attached hydrogen (secondary N) is 1. The molecule has 0 radical (unpaired) electrons. The summed E-state index contributed by atoms with van der Waals surface area (Å²) in [6.07, 6.45) is 0. The van der Waals surface area contributed by atoms with Gasteiger partial charge in [0.25, 0.3) is 0 Å². The van der Waals surface area contributed by atoms with E-state index >= 15 is 0 Å². The van der Waals surface area contributed by atoms with Gasteiger partial charge in [0.1, 0.15) is 0 Å². The molecule has 7 heteroatoms. The molecule has 0 aliphatic heterocycles. The van der Waals surface area contributed by atoms with E-state index in [0.29, 0.717) is 21.8 Å². The second-order valence-electron chi connectivity index (χ2n) is 4.79. The summed E-state index contributed by atoms with van der Waals surface area (Å²) < 4.78 is 31.6. The average molecular weight is 354 g/mol. The number of hydrogen-bond donors (Lipinski definition) is 1. The third-order valence-corrected chi connectivity index (χ3v) is 4.45. The summed E-state index contributed by atoms with van der Waals surface area (Å²) in [6.45, 7) is 2.01. The maximum absolute atomic E-state index is 12.1. The van der Waals surface area contributed by atoms with Gasteiger partial charge < -0.3 is 4.74 Å². The fraction of sp³-hybridized carbons (Fsp3) is 0.188. The SMILES string of the molecule is CCOC(=O)c1ccc(NS(=O)(=O)Cc2ccc(Cl)cc2)cc1. The van der Waals surface area contributed by atoms with Gasteiger partial charge in [-0.05, 0) is 48.9 Å². The molecule has 0 unspecified atom stereocenters. The smallest absolute Gasteiger partial charge is 0.338 e. The Kier molecular flexibility index (Phi) is 5.63. The van der Waals surface area contributed by atoms with E-state index in [1.165, 1.54) is 24.3 Å². The van der Waals surface area contributed by atoms with Crippen LogP contribution in [0.25, 0.3) is 0 Å². The van der Waals surface area contributed by atoms with E-state index in [4.69, 9.17) is 16.3 Å². The largest absolute Gasteiger partial charge is 0.462 e. The van der Waals surface area contributed by atoms with Crippen LogP contribution in [0.2, 0.25) is 5.02 Å². The van der Waals surface area contributed by atoms with Gasteiger partial charge >= 0.3 is 5.97 Å². The van der Waals surface area contributed by atoms with Crippen LogP contribution in [-0.2, 0) is 20.5 Å². The number of carbonyl (C=O) groups is 1. The summed E-state index contributed by atoms with van der Waals surface area (Å²) in [5.41, 5.74) is 1.38. The maximum atomic E-state index is 12.1. The van der Waals surface area contributed by atoms with Crippen molar-refractivity contribution in [3.05, 3.63) is 64.7 Å². The third kappa shape index (κ3) is 5.26. The van der Waals surface area contributed by atoms with Crippen molar-refractivity contribution in [3.8, 4) is 0 Å². The van der Waals surface area contributed by atoms with Crippen LogP contribution in [0.1, 0.15) is 22.8 Å². The van der Waals surface area contributed by atoms with Crippen molar-refractivity contribution < 1.29 is 17.9 Å². The fourth-order valence-corrected chi connectivity index (χ4v) is 3.23. The summed E-state index contributed by atoms with van der Waals surface area (Å²) in [5.74, 6) is -0.605. The average Bonchev–Trinajstić information content (AvgIpc) is 2.50. The normalized spacial score (nSPS) is 11.0. The molecule has 1 N–H and O–H groups in total. The zero-order valence-corrected chi connectivity index (χ0v) is 14.0. The standard InChI is InChI=1S/C16H16ClNO4S/c1-2-22-16(19)13-5-9-15(10-6-13)18-23(20,21)11-12-3-7-14(17)8-4-12/h3-10,18H,2,11H2,1H3. The van der Waals surface area contributed by atoms with Gasteiger partial charge in [0.05, 0.1) is 17.9 Å². The van der Waals surface area contributed by atoms with Crippen molar-refractivity contribution >= 4 is 33.3 Å². The molecule has 0 fully saturated rings. The Labute approximate surface area is 140 Å². The Bertz CT molecular complexity index is 771. The highest BCUT2D eigenvalue weighted by atomic mass is 35.5. The Hall–Kier alpha value is -2.05. The second kappa shape index (κ2) is 7.48. The van der Waals surface area contributed by atoms with Crippen molar-refractivity contribution in [3.63, 3.8) is 0 Å². The minimum Gasteiger partial charge on any atom is -0.462 e. The first kappa shape index (κ1) is 17.3. The Morgan fingerprint density at radius 2 is 1.70 bits per heavy atom. The van der Waals surface area contributed by atoms with Crippen molar-refractivity contribution in [2.45, 2.75) is 12.7 Å². The quantitative estimate of drug-likeness (QED) is 0.807. The minimum atomic E-state index is -3.55. The predicted octanol–water partition coefficient (Wildman–Crippen LogP) is 3.46. The molecule has 2 aromatic carbocycles. The fourth-order valence-electron chi connectivity index (χ4n) is 1.90. The topological polar surface area (TPSA) is 72.5 Å². The molecule has 0 saturated carbocycles. The number of esters is 1. The Balaban J connectivity index is 2.05. The van der Waals surface area contributed by atoms with Gasteiger partial charge in [0.2, 0.25) is 10.0 Å². The lowest BCUT2D eigenvalue weighted by molar-refractivity contribution is 0.0526. The van der Waals surface area contributed by atoms with Gasteiger partial charge in [0.15, 0.2) is 0 Å². The molecule has 122 valence electrons. The molecule has 23 heavy (non-hydrogen) atoms. The van der Waals surface area contributed by atoms with Crippen LogP contribution in [0.5, 0.6) is 0 Å². The molecule has 0 aliphatic rings. The first-order valence-electron chi connectivity index (χ1n) is 6.92. The lowest BCUT2D eigenvalue weighted by atomic mass is 10.2. The second-order valence-corrected chi connectivity index (χ2v) is 6.94. The molecule has 0 atom stereocenters. The number of carbonyl (C=O) groups excluding carboxylic acids is 1.